The lowest BCUT2D eigenvalue weighted by Crippen LogP contribution is -2.07. The van der Waals surface area contributed by atoms with Crippen LogP contribution in [0.1, 0.15) is 5.56 Å². The molecule has 0 aliphatic rings. The Balaban J connectivity index is 1.99. The van der Waals surface area contributed by atoms with Crippen LogP contribution in [0, 0.1) is 5.82 Å². The van der Waals surface area contributed by atoms with Gasteiger partial charge >= 0.3 is 0 Å². The fraction of sp³-hybridized carbons (Fsp3) is 0. The van der Waals surface area contributed by atoms with Crippen molar-refractivity contribution in [2.75, 3.05) is 5.32 Å². The lowest BCUT2D eigenvalue weighted by atomic mass is 10.2. The van der Waals surface area contributed by atoms with Gasteiger partial charge in [0.25, 0.3) is 0 Å². The summed E-state index contributed by atoms with van der Waals surface area (Å²) in [5.74, 6) is -0.126. The van der Waals surface area contributed by atoms with E-state index in [1.165, 1.54) is 30.5 Å². The molecule has 0 unspecified atom stereocenters. The number of carbonyl (C=O) groups is 1. The van der Waals surface area contributed by atoms with Crippen molar-refractivity contribution in [3.8, 4) is 0 Å². The van der Waals surface area contributed by atoms with Crippen molar-refractivity contribution in [3.63, 3.8) is 0 Å². The van der Waals surface area contributed by atoms with Gasteiger partial charge < -0.3 is 5.32 Å². The number of rotatable bonds is 3. The third-order valence-corrected chi connectivity index (χ3v) is 2.03. The summed E-state index contributed by atoms with van der Waals surface area (Å²) in [7, 11) is 0. The lowest BCUT2D eigenvalue weighted by molar-refractivity contribution is -0.111. The maximum Gasteiger partial charge on any atom is 0.249 e. The van der Waals surface area contributed by atoms with Gasteiger partial charge in [-0.1, -0.05) is 12.1 Å². The van der Waals surface area contributed by atoms with Crippen LogP contribution < -0.4 is 5.32 Å². The molecule has 2 aromatic rings. The minimum Gasteiger partial charge on any atom is -0.307 e. The summed E-state index contributed by atoms with van der Waals surface area (Å²) in [6.45, 7) is 0. The molecule has 2 N–H and O–H groups in total. The van der Waals surface area contributed by atoms with E-state index >= 15 is 0 Å². The molecule has 0 saturated heterocycles. The van der Waals surface area contributed by atoms with Gasteiger partial charge in [0, 0.05) is 12.1 Å². The van der Waals surface area contributed by atoms with Crippen molar-refractivity contribution < 1.29 is 9.18 Å². The van der Waals surface area contributed by atoms with E-state index in [2.05, 4.69) is 15.5 Å². The Hall–Kier alpha value is -2.43. The predicted octanol–water partition coefficient (Wildman–Crippen LogP) is 2.20. The zero-order valence-electron chi connectivity index (χ0n) is 8.85. The molecule has 1 amide bonds. The normalized spacial score (nSPS) is 10.6. The van der Waals surface area contributed by atoms with Gasteiger partial charge in [0.2, 0.25) is 5.91 Å². The highest BCUT2D eigenvalue weighted by Gasteiger charge is 1.98. The molecule has 1 aromatic heterocycles. The van der Waals surface area contributed by atoms with Gasteiger partial charge in [-0.05, 0) is 23.8 Å². The molecule has 17 heavy (non-hydrogen) atoms. The van der Waals surface area contributed by atoms with Crippen LogP contribution in [0.15, 0.2) is 42.6 Å². The van der Waals surface area contributed by atoms with E-state index in [1.807, 2.05) is 0 Å². The van der Waals surface area contributed by atoms with E-state index in [9.17, 15) is 9.18 Å². The molecule has 4 nitrogen and oxygen atoms in total. The molecule has 0 fully saturated rings. The Bertz CT molecular complexity index is 534. The van der Waals surface area contributed by atoms with Gasteiger partial charge in [-0.3, -0.25) is 9.89 Å². The van der Waals surface area contributed by atoms with E-state index in [-0.39, 0.29) is 11.7 Å². The fourth-order valence-electron chi connectivity index (χ4n) is 1.28. The number of halogens is 1. The highest BCUT2D eigenvalue weighted by atomic mass is 19.1. The van der Waals surface area contributed by atoms with Gasteiger partial charge in [0.15, 0.2) is 0 Å². The maximum atomic E-state index is 12.8. The van der Waals surface area contributed by atoms with Crippen molar-refractivity contribution in [2.45, 2.75) is 0 Å². The summed E-state index contributed by atoms with van der Waals surface area (Å²) in [4.78, 5) is 11.4. The molecule has 0 aliphatic heterocycles. The van der Waals surface area contributed by atoms with E-state index in [0.717, 1.165) is 0 Å². The molecule has 0 aliphatic carbocycles. The Labute approximate surface area is 97.2 Å². The van der Waals surface area contributed by atoms with Crippen LogP contribution in [0.3, 0.4) is 0 Å². The molecule has 5 heteroatoms. The Morgan fingerprint density at radius 2 is 2.29 bits per heavy atom. The number of nitrogens with one attached hydrogen (secondary N) is 2. The van der Waals surface area contributed by atoms with E-state index < -0.39 is 0 Å². The molecular formula is C12H10FN3O. The van der Waals surface area contributed by atoms with Gasteiger partial charge in [-0.15, -0.1) is 0 Å². The number of hydrogen-bond acceptors (Lipinski definition) is 2. The third-order valence-electron chi connectivity index (χ3n) is 2.03. The minimum absolute atomic E-state index is 0.307. The van der Waals surface area contributed by atoms with Crippen molar-refractivity contribution in [2.24, 2.45) is 0 Å². The molecule has 86 valence electrons. The molecule has 0 saturated carbocycles. The second-order valence-electron chi connectivity index (χ2n) is 3.35. The second kappa shape index (κ2) is 5.07. The third kappa shape index (κ3) is 3.27. The number of carbonyl (C=O) groups excluding carboxylic acids is 1. The number of hydrogen-bond donors (Lipinski definition) is 2. The Kier molecular flexibility index (Phi) is 3.30. The van der Waals surface area contributed by atoms with Crippen molar-refractivity contribution in [1.29, 1.82) is 0 Å². The Morgan fingerprint density at radius 1 is 1.41 bits per heavy atom. The number of amides is 1. The topological polar surface area (TPSA) is 57.8 Å². The molecule has 1 aromatic carbocycles. The monoisotopic (exact) mass is 231 g/mol. The van der Waals surface area contributed by atoms with Crippen LogP contribution in [-0.4, -0.2) is 16.1 Å². The van der Waals surface area contributed by atoms with Gasteiger partial charge in [-0.2, -0.15) is 5.10 Å². The first-order valence-corrected chi connectivity index (χ1v) is 4.98. The summed E-state index contributed by atoms with van der Waals surface area (Å²) in [6, 6.07) is 7.63. The largest absolute Gasteiger partial charge is 0.307 e. The fourth-order valence-corrected chi connectivity index (χ4v) is 1.28. The summed E-state index contributed by atoms with van der Waals surface area (Å²) in [6.07, 6.45) is 4.40. The van der Waals surface area contributed by atoms with Crippen LogP contribution in [0.4, 0.5) is 10.2 Å². The molecule has 0 spiro atoms. The summed E-state index contributed by atoms with van der Waals surface area (Å²) in [5.41, 5.74) is 0.629. The standard InChI is InChI=1S/C12H10FN3O/c13-10-3-1-2-9(8-10)4-5-12(17)15-11-6-7-14-16-11/h1-8H,(H2,14,15,16,17)/b5-4+. The first-order chi connectivity index (χ1) is 8.24. The summed E-state index contributed by atoms with van der Waals surface area (Å²) in [5, 5.41) is 8.86. The van der Waals surface area contributed by atoms with Crippen molar-refractivity contribution >= 4 is 17.8 Å². The predicted molar refractivity (Wildman–Crippen MR) is 62.7 cm³/mol. The second-order valence-corrected chi connectivity index (χ2v) is 3.35. The molecular weight excluding hydrogens is 221 g/mol. The molecule has 1 heterocycles. The van der Waals surface area contributed by atoms with E-state index in [4.69, 9.17) is 0 Å². The maximum absolute atomic E-state index is 12.8. The first kappa shape index (κ1) is 11.1. The summed E-state index contributed by atoms with van der Waals surface area (Å²) < 4.78 is 12.8. The number of anilines is 1. The van der Waals surface area contributed by atoms with E-state index in [0.29, 0.717) is 11.4 Å². The average molecular weight is 231 g/mol. The van der Waals surface area contributed by atoms with Gasteiger partial charge in [-0.25, -0.2) is 4.39 Å². The molecule has 2 rings (SSSR count). The van der Waals surface area contributed by atoms with Gasteiger partial charge in [0.05, 0.1) is 6.20 Å². The van der Waals surface area contributed by atoms with Crippen LogP contribution in [0.5, 0.6) is 0 Å². The Morgan fingerprint density at radius 3 is 3.00 bits per heavy atom. The van der Waals surface area contributed by atoms with Crippen molar-refractivity contribution in [1.82, 2.24) is 10.2 Å². The number of aromatic amines is 1. The zero-order chi connectivity index (χ0) is 12.1. The number of H-pyrrole nitrogens is 1. The zero-order valence-corrected chi connectivity index (χ0v) is 8.85. The number of nitrogens with zero attached hydrogens (tertiary/aromatic N) is 1. The molecule has 0 radical (unpaired) electrons. The summed E-state index contributed by atoms with van der Waals surface area (Å²) >= 11 is 0. The quantitative estimate of drug-likeness (QED) is 0.795. The van der Waals surface area contributed by atoms with Crippen LogP contribution in [0.25, 0.3) is 6.08 Å². The number of aromatic nitrogens is 2. The lowest BCUT2D eigenvalue weighted by Gasteiger charge is -1.96. The minimum atomic E-state index is -0.332. The van der Waals surface area contributed by atoms with Crippen LogP contribution >= 0.6 is 0 Å². The molecule has 0 atom stereocenters. The first-order valence-electron chi connectivity index (χ1n) is 4.98. The van der Waals surface area contributed by atoms with Gasteiger partial charge in [0.1, 0.15) is 11.6 Å². The van der Waals surface area contributed by atoms with E-state index in [1.54, 1.807) is 18.2 Å². The van der Waals surface area contributed by atoms with Crippen LogP contribution in [0.2, 0.25) is 0 Å². The highest BCUT2D eigenvalue weighted by Crippen LogP contribution is 2.06. The molecule has 0 bridgehead atoms. The average Bonchev–Trinajstić information content (AvgIpc) is 2.79. The van der Waals surface area contributed by atoms with Crippen LogP contribution in [-0.2, 0) is 4.79 Å². The highest BCUT2D eigenvalue weighted by molar-refractivity contribution is 6.01. The van der Waals surface area contributed by atoms with Crippen molar-refractivity contribution in [3.05, 3.63) is 54.0 Å². The SMILES string of the molecule is O=C(/C=C/c1cccc(F)c1)Nc1ccn[nH]1. The number of benzene rings is 1. The smallest absolute Gasteiger partial charge is 0.249 e.